The summed E-state index contributed by atoms with van der Waals surface area (Å²) in [4.78, 5) is 22.4. The summed E-state index contributed by atoms with van der Waals surface area (Å²) < 4.78 is 9.84. The number of rotatable bonds is 5. The molecule has 18 heavy (non-hydrogen) atoms. The van der Waals surface area contributed by atoms with E-state index in [9.17, 15) is 9.59 Å². The van der Waals surface area contributed by atoms with Crippen LogP contribution in [0.1, 0.15) is 41.0 Å². The van der Waals surface area contributed by atoms with E-state index in [1.807, 2.05) is 6.92 Å². The molecule has 0 aromatic carbocycles. The Morgan fingerprint density at radius 2 is 1.94 bits per heavy atom. The average Bonchev–Trinajstić information content (AvgIpc) is 2.14. The summed E-state index contributed by atoms with van der Waals surface area (Å²) in [5.41, 5.74) is -0.509. The predicted molar refractivity (Wildman–Crippen MR) is 69.2 cm³/mol. The highest BCUT2D eigenvalue weighted by Crippen LogP contribution is 2.07. The van der Waals surface area contributed by atoms with Crippen LogP contribution in [0.15, 0.2) is 12.2 Å². The molecular formula is C13H23NO4. The Balaban J connectivity index is 3.94. The molecule has 0 aliphatic carbocycles. The van der Waals surface area contributed by atoms with Crippen LogP contribution in [0.3, 0.4) is 0 Å². The highest BCUT2D eigenvalue weighted by atomic mass is 16.6. The number of carbonyl (C=O) groups excluding carboxylic acids is 2. The highest BCUT2D eigenvalue weighted by molar-refractivity contribution is 5.81. The standard InChI is InChI=1S/C13H23NO4/c1-6-17-11(15)9-7-8-10(2)14-12(16)18-13(3,4)5/h7,9-10H,6,8H2,1-5H3,(H,14,16)/t10-/m1/s1. The van der Waals surface area contributed by atoms with Crippen LogP contribution in [-0.4, -0.2) is 30.3 Å². The van der Waals surface area contributed by atoms with E-state index in [2.05, 4.69) is 5.32 Å². The van der Waals surface area contributed by atoms with E-state index in [1.54, 1.807) is 33.8 Å². The molecule has 0 aliphatic rings. The van der Waals surface area contributed by atoms with Gasteiger partial charge in [-0.1, -0.05) is 6.08 Å². The van der Waals surface area contributed by atoms with Crippen molar-refractivity contribution in [2.75, 3.05) is 6.61 Å². The normalized spacial score (nSPS) is 13.2. The van der Waals surface area contributed by atoms with E-state index < -0.39 is 11.7 Å². The van der Waals surface area contributed by atoms with Crippen LogP contribution in [0.5, 0.6) is 0 Å². The smallest absolute Gasteiger partial charge is 0.407 e. The zero-order chi connectivity index (χ0) is 14.2. The van der Waals surface area contributed by atoms with E-state index in [-0.39, 0.29) is 12.0 Å². The van der Waals surface area contributed by atoms with Crippen LogP contribution in [0.4, 0.5) is 4.79 Å². The Morgan fingerprint density at radius 3 is 2.44 bits per heavy atom. The Kier molecular flexibility index (Phi) is 7.08. The summed E-state index contributed by atoms with van der Waals surface area (Å²) in [7, 11) is 0. The van der Waals surface area contributed by atoms with Crippen LogP contribution in [0, 0.1) is 0 Å². The maximum Gasteiger partial charge on any atom is 0.407 e. The molecule has 1 atom stereocenters. The Morgan fingerprint density at radius 1 is 1.33 bits per heavy atom. The van der Waals surface area contributed by atoms with Gasteiger partial charge >= 0.3 is 12.1 Å². The van der Waals surface area contributed by atoms with Gasteiger partial charge in [0, 0.05) is 12.1 Å². The van der Waals surface area contributed by atoms with E-state index in [4.69, 9.17) is 9.47 Å². The number of alkyl carbamates (subject to hydrolysis) is 1. The molecular weight excluding hydrogens is 234 g/mol. The molecule has 0 bridgehead atoms. The third-order valence-electron chi connectivity index (χ3n) is 1.79. The molecule has 0 spiro atoms. The monoisotopic (exact) mass is 257 g/mol. The van der Waals surface area contributed by atoms with Gasteiger partial charge in [0.2, 0.25) is 0 Å². The largest absolute Gasteiger partial charge is 0.463 e. The van der Waals surface area contributed by atoms with Gasteiger partial charge < -0.3 is 14.8 Å². The second-order valence-corrected chi connectivity index (χ2v) is 4.94. The molecule has 0 aromatic rings. The molecule has 0 unspecified atom stereocenters. The SMILES string of the molecule is CCOC(=O)C=CC[C@@H](C)NC(=O)OC(C)(C)C. The lowest BCUT2D eigenvalue weighted by atomic mass is 10.2. The summed E-state index contributed by atoms with van der Waals surface area (Å²) >= 11 is 0. The van der Waals surface area contributed by atoms with Gasteiger partial charge in [-0.3, -0.25) is 0 Å². The molecule has 0 fully saturated rings. The molecule has 5 nitrogen and oxygen atoms in total. The minimum atomic E-state index is -0.509. The first kappa shape index (κ1) is 16.5. The number of hydrogen-bond donors (Lipinski definition) is 1. The van der Waals surface area contributed by atoms with Crippen LogP contribution < -0.4 is 5.32 Å². The molecule has 0 heterocycles. The molecule has 1 amide bonds. The maximum absolute atomic E-state index is 11.4. The molecule has 0 aliphatic heterocycles. The van der Waals surface area contributed by atoms with Gasteiger partial charge in [-0.05, 0) is 41.0 Å². The van der Waals surface area contributed by atoms with Gasteiger partial charge in [-0.25, -0.2) is 9.59 Å². The van der Waals surface area contributed by atoms with Gasteiger partial charge in [0.05, 0.1) is 6.61 Å². The quantitative estimate of drug-likeness (QED) is 0.606. The van der Waals surface area contributed by atoms with E-state index >= 15 is 0 Å². The molecule has 5 heteroatoms. The summed E-state index contributed by atoms with van der Waals surface area (Å²) in [6, 6.07) is -0.106. The zero-order valence-corrected chi connectivity index (χ0v) is 11.8. The Hall–Kier alpha value is -1.52. The number of esters is 1. The number of hydrogen-bond acceptors (Lipinski definition) is 4. The molecule has 1 N–H and O–H groups in total. The van der Waals surface area contributed by atoms with Crippen LogP contribution in [0.25, 0.3) is 0 Å². The van der Waals surface area contributed by atoms with Crippen molar-refractivity contribution in [3.05, 3.63) is 12.2 Å². The van der Waals surface area contributed by atoms with Crippen molar-refractivity contribution < 1.29 is 19.1 Å². The Labute approximate surface area is 109 Å². The zero-order valence-electron chi connectivity index (χ0n) is 11.8. The lowest BCUT2D eigenvalue weighted by Crippen LogP contribution is -2.37. The second kappa shape index (κ2) is 7.74. The van der Waals surface area contributed by atoms with Crippen molar-refractivity contribution in [3.8, 4) is 0 Å². The summed E-state index contributed by atoms with van der Waals surface area (Å²) in [5, 5.41) is 2.68. The lowest BCUT2D eigenvalue weighted by Gasteiger charge is -2.21. The van der Waals surface area contributed by atoms with Gasteiger partial charge in [0.25, 0.3) is 0 Å². The van der Waals surface area contributed by atoms with E-state index in [0.29, 0.717) is 13.0 Å². The van der Waals surface area contributed by atoms with Gasteiger partial charge in [0.15, 0.2) is 0 Å². The van der Waals surface area contributed by atoms with Gasteiger partial charge in [0.1, 0.15) is 5.60 Å². The van der Waals surface area contributed by atoms with Crippen LogP contribution in [0.2, 0.25) is 0 Å². The number of ether oxygens (including phenoxy) is 2. The topological polar surface area (TPSA) is 64.6 Å². The average molecular weight is 257 g/mol. The lowest BCUT2D eigenvalue weighted by molar-refractivity contribution is -0.137. The third kappa shape index (κ3) is 9.69. The number of nitrogens with one attached hydrogen (secondary N) is 1. The van der Waals surface area contributed by atoms with Gasteiger partial charge in [-0.2, -0.15) is 0 Å². The minimum absolute atomic E-state index is 0.106. The fraction of sp³-hybridized carbons (Fsp3) is 0.692. The fourth-order valence-corrected chi connectivity index (χ4v) is 1.13. The second-order valence-electron chi connectivity index (χ2n) is 4.94. The minimum Gasteiger partial charge on any atom is -0.463 e. The van der Waals surface area contributed by atoms with Crippen molar-refractivity contribution in [1.82, 2.24) is 5.32 Å². The first-order valence-corrected chi connectivity index (χ1v) is 6.07. The van der Waals surface area contributed by atoms with Crippen molar-refractivity contribution >= 4 is 12.1 Å². The molecule has 0 saturated carbocycles. The van der Waals surface area contributed by atoms with Crippen molar-refractivity contribution in [2.45, 2.75) is 52.7 Å². The molecule has 104 valence electrons. The summed E-state index contributed by atoms with van der Waals surface area (Å²) in [5.74, 6) is -0.373. The summed E-state index contributed by atoms with van der Waals surface area (Å²) in [6.45, 7) is 9.35. The van der Waals surface area contributed by atoms with Crippen LogP contribution >= 0.6 is 0 Å². The van der Waals surface area contributed by atoms with E-state index in [1.165, 1.54) is 6.08 Å². The third-order valence-corrected chi connectivity index (χ3v) is 1.79. The van der Waals surface area contributed by atoms with Crippen LogP contribution in [-0.2, 0) is 14.3 Å². The molecule has 0 rings (SSSR count). The highest BCUT2D eigenvalue weighted by Gasteiger charge is 2.17. The number of amides is 1. The first-order chi connectivity index (χ1) is 8.24. The molecule has 0 radical (unpaired) electrons. The van der Waals surface area contributed by atoms with Crippen molar-refractivity contribution in [3.63, 3.8) is 0 Å². The number of carbonyl (C=O) groups is 2. The maximum atomic E-state index is 11.4. The van der Waals surface area contributed by atoms with Crippen molar-refractivity contribution in [1.29, 1.82) is 0 Å². The summed E-state index contributed by atoms with van der Waals surface area (Å²) in [6.07, 6.45) is 3.11. The Bertz CT molecular complexity index is 305. The van der Waals surface area contributed by atoms with E-state index in [0.717, 1.165) is 0 Å². The van der Waals surface area contributed by atoms with Crippen molar-refractivity contribution in [2.24, 2.45) is 0 Å². The molecule has 0 saturated heterocycles. The molecule has 0 aromatic heterocycles. The first-order valence-electron chi connectivity index (χ1n) is 6.07. The predicted octanol–water partition coefficient (Wildman–Crippen LogP) is 2.41. The fourth-order valence-electron chi connectivity index (χ4n) is 1.13. The van der Waals surface area contributed by atoms with Gasteiger partial charge in [-0.15, -0.1) is 0 Å².